The van der Waals surface area contributed by atoms with Crippen molar-refractivity contribution in [2.75, 3.05) is 46.5 Å². The fourth-order valence-electron chi connectivity index (χ4n) is 2.85. The van der Waals surface area contributed by atoms with E-state index < -0.39 is 29.6 Å². The van der Waals surface area contributed by atoms with Crippen molar-refractivity contribution in [3.05, 3.63) is 0 Å². The highest BCUT2D eigenvalue weighted by atomic mass is 16.5. The minimum atomic E-state index is -0.787. The maximum atomic E-state index is 11.8. The van der Waals surface area contributed by atoms with Crippen LogP contribution in [0.15, 0.2) is 0 Å². The molecule has 0 aliphatic carbocycles. The second-order valence-corrected chi connectivity index (χ2v) is 8.03. The Morgan fingerprint density at radius 2 is 1.29 bits per heavy atom. The highest BCUT2D eigenvalue weighted by Gasteiger charge is 2.23. The van der Waals surface area contributed by atoms with Gasteiger partial charge in [0.25, 0.3) is 0 Å². The number of hydrogen-bond donors (Lipinski definition) is 4. The largest absolute Gasteiger partial charge is 0.464 e. The van der Waals surface area contributed by atoms with Gasteiger partial charge in [-0.3, -0.25) is 24.0 Å². The Bertz CT molecular complexity index is 623. The topological polar surface area (TPSA) is 152 Å². The molecule has 4 amide bonds. The molecule has 31 heavy (non-hydrogen) atoms. The number of carbonyl (C=O) groups excluding carboxylic acids is 5. The van der Waals surface area contributed by atoms with E-state index in [4.69, 9.17) is 4.74 Å². The Balaban J connectivity index is 4.13. The second kappa shape index (κ2) is 15.2. The molecular weight excluding hydrogens is 408 g/mol. The van der Waals surface area contributed by atoms with E-state index in [0.29, 0.717) is 26.1 Å². The molecule has 0 bridgehead atoms. The van der Waals surface area contributed by atoms with Crippen LogP contribution in [0.1, 0.15) is 40.5 Å². The van der Waals surface area contributed by atoms with Crippen molar-refractivity contribution < 1.29 is 33.4 Å². The summed E-state index contributed by atoms with van der Waals surface area (Å²) in [5.41, 5.74) is -0.157. The second-order valence-electron chi connectivity index (χ2n) is 8.03. The van der Waals surface area contributed by atoms with Crippen LogP contribution in [0.3, 0.4) is 0 Å². The molecule has 0 aliphatic heterocycles. The van der Waals surface area contributed by atoms with E-state index in [1.165, 1.54) is 14.0 Å². The first-order chi connectivity index (χ1) is 14.5. The van der Waals surface area contributed by atoms with E-state index in [0.717, 1.165) is 6.42 Å². The van der Waals surface area contributed by atoms with Gasteiger partial charge in [0.05, 0.1) is 13.2 Å². The summed E-state index contributed by atoms with van der Waals surface area (Å²) in [5.74, 6) is -3.30. The highest BCUT2D eigenvalue weighted by molar-refractivity contribution is 6.35. The van der Waals surface area contributed by atoms with E-state index in [1.807, 2.05) is 20.8 Å². The number of hydrogen-bond acceptors (Lipinski definition) is 7. The van der Waals surface area contributed by atoms with Crippen molar-refractivity contribution >= 4 is 29.6 Å². The quantitative estimate of drug-likeness (QED) is 0.163. The van der Waals surface area contributed by atoms with E-state index in [2.05, 4.69) is 26.0 Å². The van der Waals surface area contributed by atoms with Gasteiger partial charge >= 0.3 is 29.6 Å². The smallest absolute Gasteiger partial charge is 0.309 e. The number of ether oxygens (including phenoxy) is 2. The Morgan fingerprint density at radius 3 is 1.81 bits per heavy atom. The Morgan fingerprint density at radius 1 is 0.806 bits per heavy atom. The molecule has 0 aromatic heterocycles. The molecule has 0 fully saturated rings. The number of rotatable bonds is 13. The van der Waals surface area contributed by atoms with Crippen molar-refractivity contribution in [2.24, 2.45) is 11.3 Å². The molecule has 1 atom stereocenters. The molecule has 0 rings (SSSR count). The van der Waals surface area contributed by atoms with Gasteiger partial charge in [-0.05, 0) is 24.2 Å². The molecule has 0 heterocycles. The zero-order valence-electron chi connectivity index (χ0n) is 19.1. The predicted molar refractivity (Wildman–Crippen MR) is 113 cm³/mol. The fourth-order valence-corrected chi connectivity index (χ4v) is 2.85. The number of amides is 4. The number of carbonyl (C=O) groups is 5. The van der Waals surface area contributed by atoms with Crippen LogP contribution in [0.4, 0.5) is 0 Å². The van der Waals surface area contributed by atoms with Crippen LogP contribution in [-0.2, 0) is 33.4 Å². The molecule has 11 nitrogen and oxygen atoms in total. The monoisotopic (exact) mass is 444 g/mol. The van der Waals surface area contributed by atoms with E-state index in [-0.39, 0.29) is 31.0 Å². The molecule has 11 heteroatoms. The van der Waals surface area contributed by atoms with Crippen molar-refractivity contribution in [3.63, 3.8) is 0 Å². The molecule has 178 valence electrons. The van der Waals surface area contributed by atoms with Gasteiger partial charge in [0.1, 0.15) is 6.61 Å². The lowest BCUT2D eigenvalue weighted by atomic mass is 9.80. The molecule has 0 spiro atoms. The summed E-state index contributed by atoms with van der Waals surface area (Å²) in [6.45, 7) is 8.57. The van der Waals surface area contributed by atoms with Gasteiger partial charge in [-0.15, -0.1) is 0 Å². The lowest BCUT2D eigenvalue weighted by molar-refractivity contribution is -0.142. The lowest BCUT2D eigenvalue weighted by Gasteiger charge is -2.28. The third-order valence-corrected chi connectivity index (χ3v) is 4.30. The first-order valence-corrected chi connectivity index (χ1v) is 10.2. The van der Waals surface area contributed by atoms with E-state index >= 15 is 0 Å². The molecule has 4 N–H and O–H groups in total. The van der Waals surface area contributed by atoms with Crippen LogP contribution in [0, 0.1) is 11.3 Å². The summed E-state index contributed by atoms with van der Waals surface area (Å²) >= 11 is 0. The standard InChI is InChI=1S/C20H36N4O7/c1-14(13-24-19(29)18(28)23-9-11-31-15(2)25)12-20(3,4)6-7-21-16(26)17(27)22-8-10-30-5/h14H,6-13H2,1-5H3,(H,21,26)(H,22,27)(H,23,28)(H,24,29). The highest BCUT2D eigenvalue weighted by Crippen LogP contribution is 2.28. The Labute approximate surface area is 183 Å². The van der Waals surface area contributed by atoms with Crippen LogP contribution >= 0.6 is 0 Å². The average Bonchev–Trinajstić information content (AvgIpc) is 2.68. The summed E-state index contributed by atoms with van der Waals surface area (Å²) in [5, 5.41) is 9.98. The van der Waals surface area contributed by atoms with Crippen LogP contribution in [0.2, 0.25) is 0 Å². The summed E-state index contributed by atoms with van der Waals surface area (Å²) in [6, 6.07) is 0. The summed E-state index contributed by atoms with van der Waals surface area (Å²) in [4.78, 5) is 57.5. The molecule has 0 aromatic rings. The maximum absolute atomic E-state index is 11.8. The predicted octanol–water partition coefficient (Wildman–Crippen LogP) is -0.897. The normalized spacial score (nSPS) is 11.8. The van der Waals surface area contributed by atoms with Gasteiger partial charge < -0.3 is 30.7 Å². The maximum Gasteiger partial charge on any atom is 0.309 e. The lowest BCUT2D eigenvalue weighted by Crippen LogP contribution is -2.43. The van der Waals surface area contributed by atoms with Crippen molar-refractivity contribution in [2.45, 2.75) is 40.5 Å². The van der Waals surface area contributed by atoms with Crippen LogP contribution in [0.25, 0.3) is 0 Å². The average molecular weight is 445 g/mol. The summed E-state index contributed by atoms with van der Waals surface area (Å²) in [6.07, 6.45) is 1.37. The van der Waals surface area contributed by atoms with Crippen LogP contribution in [0.5, 0.6) is 0 Å². The number of methoxy groups -OCH3 is 1. The Kier molecular flexibility index (Phi) is 13.8. The van der Waals surface area contributed by atoms with Gasteiger partial charge in [-0.2, -0.15) is 0 Å². The number of esters is 1. The van der Waals surface area contributed by atoms with Crippen LogP contribution in [-0.4, -0.2) is 76.1 Å². The van der Waals surface area contributed by atoms with E-state index in [1.54, 1.807) is 0 Å². The van der Waals surface area contributed by atoms with Gasteiger partial charge in [-0.1, -0.05) is 20.8 Å². The van der Waals surface area contributed by atoms with Gasteiger partial charge in [-0.25, -0.2) is 0 Å². The SMILES string of the molecule is COCCNC(=O)C(=O)NCCC(C)(C)CC(C)CNC(=O)C(=O)NCCOC(C)=O. The Hall–Kier alpha value is -2.69. The van der Waals surface area contributed by atoms with Gasteiger partial charge in [0.15, 0.2) is 0 Å². The molecule has 0 aliphatic rings. The minimum Gasteiger partial charge on any atom is -0.464 e. The van der Waals surface area contributed by atoms with E-state index in [9.17, 15) is 24.0 Å². The molecule has 0 aromatic carbocycles. The van der Waals surface area contributed by atoms with Gasteiger partial charge in [0.2, 0.25) is 0 Å². The fraction of sp³-hybridized carbons (Fsp3) is 0.750. The molecule has 1 unspecified atom stereocenters. The zero-order chi connectivity index (χ0) is 23.9. The van der Waals surface area contributed by atoms with Gasteiger partial charge in [0, 0.05) is 33.7 Å². The third-order valence-electron chi connectivity index (χ3n) is 4.30. The summed E-state index contributed by atoms with van der Waals surface area (Å²) in [7, 11) is 1.50. The molecule has 0 saturated carbocycles. The molecule has 0 saturated heterocycles. The zero-order valence-corrected chi connectivity index (χ0v) is 19.1. The molecule has 0 radical (unpaired) electrons. The van der Waals surface area contributed by atoms with Crippen molar-refractivity contribution in [3.8, 4) is 0 Å². The van der Waals surface area contributed by atoms with Crippen LogP contribution < -0.4 is 21.3 Å². The summed E-state index contributed by atoms with van der Waals surface area (Å²) < 4.78 is 9.47. The first-order valence-electron chi connectivity index (χ1n) is 10.2. The minimum absolute atomic E-state index is 0.00426. The van der Waals surface area contributed by atoms with Crippen molar-refractivity contribution in [1.29, 1.82) is 0 Å². The van der Waals surface area contributed by atoms with Crippen molar-refractivity contribution in [1.82, 2.24) is 21.3 Å². The number of nitrogens with one attached hydrogen (secondary N) is 4. The first kappa shape index (κ1) is 28.3. The third kappa shape index (κ3) is 14.9. The molecular formula is C20H36N4O7.